The van der Waals surface area contributed by atoms with Gasteiger partial charge in [0.15, 0.2) is 5.65 Å². The summed E-state index contributed by atoms with van der Waals surface area (Å²) in [4.78, 5) is 6.28. The minimum absolute atomic E-state index is 0.0981. The second kappa shape index (κ2) is 3.65. The van der Waals surface area contributed by atoms with Gasteiger partial charge in [-0.2, -0.15) is 5.10 Å². The van der Waals surface area contributed by atoms with Crippen LogP contribution in [-0.4, -0.2) is 33.6 Å². The monoisotopic (exact) mass is 238 g/mol. The van der Waals surface area contributed by atoms with E-state index < -0.39 is 5.92 Å². The molecule has 0 radical (unpaired) electrons. The molecule has 3 heterocycles. The molecular weight excluding hydrogens is 226 g/mol. The van der Waals surface area contributed by atoms with Gasteiger partial charge in [-0.25, -0.2) is 18.3 Å². The predicted octanol–water partition coefficient (Wildman–Crippen LogP) is 1.96. The Balaban J connectivity index is 1.84. The molecule has 6 heteroatoms. The molecule has 2 aromatic rings. The Bertz CT molecular complexity index is 527. The van der Waals surface area contributed by atoms with E-state index in [1.807, 2.05) is 11.0 Å². The molecule has 1 fully saturated rings. The first-order chi connectivity index (χ1) is 8.14. The fourth-order valence-electron chi connectivity index (χ4n) is 2.04. The Kier molecular flexibility index (Phi) is 2.24. The third-order valence-electron chi connectivity index (χ3n) is 3.06. The summed E-state index contributed by atoms with van der Waals surface area (Å²) in [7, 11) is 0. The minimum Gasteiger partial charge on any atom is -0.356 e. The molecule has 0 atom stereocenters. The highest BCUT2D eigenvalue weighted by atomic mass is 19.3. The zero-order chi connectivity index (χ0) is 11.9. The molecule has 0 aliphatic carbocycles. The molecule has 90 valence electrons. The lowest BCUT2D eigenvalue weighted by Gasteiger charge is -2.32. The normalized spacial score (nSPS) is 19.8. The number of hydrogen-bond acceptors (Lipinski definition) is 3. The van der Waals surface area contributed by atoms with Gasteiger partial charge in [-0.3, -0.25) is 0 Å². The summed E-state index contributed by atoms with van der Waals surface area (Å²) in [6, 6.07) is 3.60. The van der Waals surface area contributed by atoms with E-state index in [0.717, 1.165) is 11.5 Å². The quantitative estimate of drug-likeness (QED) is 0.761. The van der Waals surface area contributed by atoms with Crippen molar-refractivity contribution in [2.45, 2.75) is 18.8 Å². The van der Waals surface area contributed by atoms with Gasteiger partial charge in [-0.1, -0.05) is 0 Å². The maximum Gasteiger partial charge on any atom is 0.251 e. The number of alkyl halides is 2. The summed E-state index contributed by atoms with van der Waals surface area (Å²) in [5, 5.41) is 4.04. The summed E-state index contributed by atoms with van der Waals surface area (Å²) in [6.45, 7) is 0.703. The van der Waals surface area contributed by atoms with E-state index in [0.29, 0.717) is 13.1 Å². The van der Waals surface area contributed by atoms with Crippen molar-refractivity contribution in [3.05, 3.63) is 24.5 Å². The molecule has 2 aromatic heterocycles. The average molecular weight is 238 g/mol. The first-order valence-corrected chi connectivity index (χ1v) is 5.57. The smallest absolute Gasteiger partial charge is 0.251 e. The van der Waals surface area contributed by atoms with E-state index >= 15 is 0 Å². The Morgan fingerprint density at radius 2 is 1.94 bits per heavy atom. The number of rotatable bonds is 1. The van der Waals surface area contributed by atoms with Gasteiger partial charge in [0.25, 0.3) is 5.92 Å². The van der Waals surface area contributed by atoms with Crippen LogP contribution in [0.1, 0.15) is 12.8 Å². The molecule has 0 amide bonds. The highest BCUT2D eigenvalue weighted by Gasteiger charge is 2.34. The largest absolute Gasteiger partial charge is 0.356 e. The number of nitrogens with zero attached hydrogens (tertiary/aromatic N) is 4. The summed E-state index contributed by atoms with van der Waals surface area (Å²) in [6.07, 6.45) is 3.26. The molecule has 1 aliphatic heterocycles. The van der Waals surface area contributed by atoms with Gasteiger partial charge < -0.3 is 4.90 Å². The molecule has 0 unspecified atom stereocenters. The molecule has 17 heavy (non-hydrogen) atoms. The van der Waals surface area contributed by atoms with Crippen LogP contribution in [0.2, 0.25) is 0 Å². The van der Waals surface area contributed by atoms with Crippen molar-refractivity contribution in [1.82, 2.24) is 14.6 Å². The van der Waals surface area contributed by atoms with Gasteiger partial charge in [-0.05, 0) is 6.07 Å². The van der Waals surface area contributed by atoms with Crippen molar-refractivity contribution in [3.63, 3.8) is 0 Å². The zero-order valence-corrected chi connectivity index (χ0v) is 9.18. The summed E-state index contributed by atoms with van der Waals surface area (Å²) in [5.41, 5.74) is 0.736. The first kappa shape index (κ1) is 10.4. The van der Waals surface area contributed by atoms with E-state index in [9.17, 15) is 8.78 Å². The summed E-state index contributed by atoms with van der Waals surface area (Å²) >= 11 is 0. The number of piperidine rings is 1. The number of hydrogen-bond donors (Lipinski definition) is 0. The lowest BCUT2D eigenvalue weighted by Crippen LogP contribution is -2.39. The van der Waals surface area contributed by atoms with Gasteiger partial charge in [0.2, 0.25) is 0 Å². The number of fused-ring (bicyclic) bond motifs is 1. The van der Waals surface area contributed by atoms with Crippen LogP contribution in [0.5, 0.6) is 0 Å². The average Bonchev–Trinajstić information content (AvgIpc) is 2.76. The molecule has 0 saturated carbocycles. The molecule has 0 aromatic carbocycles. The Hall–Kier alpha value is -1.72. The van der Waals surface area contributed by atoms with Crippen LogP contribution in [0.25, 0.3) is 5.65 Å². The van der Waals surface area contributed by atoms with E-state index in [1.54, 1.807) is 23.0 Å². The fourth-order valence-corrected chi connectivity index (χ4v) is 2.04. The topological polar surface area (TPSA) is 33.4 Å². The van der Waals surface area contributed by atoms with Crippen LogP contribution in [0, 0.1) is 0 Å². The number of halogens is 2. The Labute approximate surface area is 96.9 Å². The van der Waals surface area contributed by atoms with Crippen LogP contribution in [0.4, 0.5) is 14.6 Å². The third-order valence-corrected chi connectivity index (χ3v) is 3.06. The van der Waals surface area contributed by atoms with E-state index in [1.165, 1.54) is 0 Å². The first-order valence-electron chi connectivity index (χ1n) is 5.57. The molecule has 0 spiro atoms. The van der Waals surface area contributed by atoms with Crippen molar-refractivity contribution in [2.24, 2.45) is 0 Å². The van der Waals surface area contributed by atoms with E-state index in [4.69, 9.17) is 0 Å². The molecule has 0 bridgehead atoms. The van der Waals surface area contributed by atoms with Crippen molar-refractivity contribution in [2.75, 3.05) is 18.0 Å². The van der Waals surface area contributed by atoms with Crippen molar-refractivity contribution in [3.8, 4) is 0 Å². The van der Waals surface area contributed by atoms with E-state index in [-0.39, 0.29) is 12.8 Å². The molecule has 1 aliphatic rings. The molecule has 4 nitrogen and oxygen atoms in total. The van der Waals surface area contributed by atoms with Crippen molar-refractivity contribution < 1.29 is 8.78 Å². The lowest BCUT2D eigenvalue weighted by atomic mass is 10.1. The van der Waals surface area contributed by atoms with Gasteiger partial charge >= 0.3 is 0 Å². The Morgan fingerprint density at radius 1 is 1.18 bits per heavy atom. The minimum atomic E-state index is -2.52. The number of anilines is 1. The van der Waals surface area contributed by atoms with Crippen LogP contribution >= 0.6 is 0 Å². The lowest BCUT2D eigenvalue weighted by molar-refractivity contribution is -0.0221. The molecular formula is C11H12F2N4. The highest BCUT2D eigenvalue weighted by Crippen LogP contribution is 2.29. The molecule has 3 rings (SSSR count). The maximum absolute atomic E-state index is 13.0. The second-order valence-electron chi connectivity index (χ2n) is 4.26. The second-order valence-corrected chi connectivity index (χ2v) is 4.26. The third kappa shape index (κ3) is 1.94. The van der Waals surface area contributed by atoms with Crippen LogP contribution in [0.3, 0.4) is 0 Å². The molecule has 0 N–H and O–H groups in total. The SMILES string of the molecule is FC1(F)CCN(c2ccn3nccc3n2)CC1. The van der Waals surface area contributed by atoms with Gasteiger partial charge in [0.05, 0.1) is 6.20 Å². The Morgan fingerprint density at radius 3 is 2.71 bits per heavy atom. The van der Waals surface area contributed by atoms with E-state index in [2.05, 4.69) is 10.1 Å². The standard InChI is InChI=1S/C11H12F2N4/c12-11(13)3-7-16(8-4-11)9-2-6-17-10(15-9)1-5-14-17/h1-2,5-6H,3-4,7-8H2. The fraction of sp³-hybridized carbons (Fsp3) is 0.455. The summed E-state index contributed by atoms with van der Waals surface area (Å²) < 4.78 is 27.7. The maximum atomic E-state index is 13.0. The van der Waals surface area contributed by atoms with Gasteiger partial charge in [0.1, 0.15) is 5.82 Å². The van der Waals surface area contributed by atoms with Crippen molar-refractivity contribution >= 4 is 11.5 Å². The van der Waals surface area contributed by atoms with Crippen LogP contribution in [0.15, 0.2) is 24.5 Å². The van der Waals surface area contributed by atoms with Crippen LogP contribution < -0.4 is 4.90 Å². The van der Waals surface area contributed by atoms with Crippen LogP contribution in [-0.2, 0) is 0 Å². The number of aromatic nitrogens is 3. The zero-order valence-electron chi connectivity index (χ0n) is 9.18. The predicted molar refractivity (Wildman–Crippen MR) is 59.4 cm³/mol. The van der Waals surface area contributed by atoms with Crippen molar-refractivity contribution in [1.29, 1.82) is 0 Å². The highest BCUT2D eigenvalue weighted by molar-refractivity contribution is 5.47. The molecule has 1 saturated heterocycles. The van der Waals surface area contributed by atoms with Gasteiger partial charge in [-0.15, -0.1) is 0 Å². The summed E-state index contributed by atoms with van der Waals surface area (Å²) in [5.74, 6) is -1.77. The van der Waals surface area contributed by atoms with Gasteiger partial charge in [0, 0.05) is 38.2 Å².